The van der Waals surface area contributed by atoms with E-state index in [2.05, 4.69) is 50.0 Å². The monoisotopic (exact) mass is 374 g/mol. The molecule has 0 N–H and O–H groups in total. The van der Waals surface area contributed by atoms with Gasteiger partial charge in [0.05, 0.1) is 13.2 Å². The zero-order chi connectivity index (χ0) is 19.4. The maximum Gasteiger partial charge on any atom is 0.323 e. The molecule has 142 valence electrons. The Morgan fingerprint density at radius 3 is 2.15 bits per heavy atom. The van der Waals surface area contributed by atoms with E-state index in [1.807, 2.05) is 6.07 Å². The molecule has 0 aliphatic heterocycles. The summed E-state index contributed by atoms with van der Waals surface area (Å²) < 4.78 is 10.5. The molecule has 1 atom stereocenters. The summed E-state index contributed by atoms with van der Waals surface area (Å²) in [4.78, 5) is 25.3. The molecule has 0 aromatic heterocycles. The Hall–Kier alpha value is -1.88. The van der Waals surface area contributed by atoms with Gasteiger partial charge in [0.25, 0.3) is 0 Å². The molecule has 2 rings (SSSR count). The first-order valence-corrected chi connectivity index (χ1v) is 12.5. The van der Waals surface area contributed by atoms with Crippen molar-refractivity contribution in [3.05, 3.63) is 41.6 Å². The van der Waals surface area contributed by atoms with Crippen molar-refractivity contribution >= 4 is 25.2 Å². The average molecular weight is 375 g/mol. The molecule has 1 aromatic rings. The Labute approximate surface area is 157 Å². The zero-order valence-corrected chi connectivity index (χ0v) is 17.5. The van der Waals surface area contributed by atoms with E-state index in [1.165, 1.54) is 10.8 Å². The fourth-order valence-corrected chi connectivity index (χ4v) is 6.32. The van der Waals surface area contributed by atoms with Gasteiger partial charge in [-0.1, -0.05) is 66.8 Å². The lowest BCUT2D eigenvalue weighted by molar-refractivity contribution is -0.171. The number of benzene rings is 1. The molecule has 0 saturated heterocycles. The lowest BCUT2D eigenvalue weighted by Gasteiger charge is -2.24. The summed E-state index contributed by atoms with van der Waals surface area (Å²) in [5.41, 5.74) is 2.32. The summed E-state index contributed by atoms with van der Waals surface area (Å²) in [6, 6.07) is 10.5. The Bertz CT molecular complexity index is 661. The summed E-state index contributed by atoms with van der Waals surface area (Å²) in [5.74, 6) is -0.750. The zero-order valence-electron chi connectivity index (χ0n) is 16.5. The minimum absolute atomic E-state index is 0.152. The van der Waals surface area contributed by atoms with Crippen LogP contribution in [0, 0.1) is 11.3 Å². The van der Waals surface area contributed by atoms with E-state index in [9.17, 15) is 9.59 Å². The second-order valence-electron chi connectivity index (χ2n) is 7.61. The third-order valence-electron chi connectivity index (χ3n) is 5.19. The Morgan fingerprint density at radius 1 is 1.12 bits per heavy atom. The predicted octanol–water partition coefficient (Wildman–Crippen LogP) is 3.61. The van der Waals surface area contributed by atoms with Gasteiger partial charge < -0.3 is 9.47 Å². The van der Waals surface area contributed by atoms with E-state index in [4.69, 9.17) is 9.47 Å². The van der Waals surface area contributed by atoms with E-state index >= 15 is 0 Å². The van der Waals surface area contributed by atoms with Crippen LogP contribution in [-0.4, -0.2) is 33.2 Å². The molecule has 1 aromatic carbocycles. The van der Waals surface area contributed by atoms with Crippen molar-refractivity contribution in [3.63, 3.8) is 0 Å². The maximum atomic E-state index is 12.7. The first-order valence-electron chi connectivity index (χ1n) is 9.38. The van der Waals surface area contributed by atoms with Gasteiger partial charge in [0.2, 0.25) is 0 Å². The number of esters is 2. The van der Waals surface area contributed by atoms with Gasteiger partial charge in [-0.25, -0.2) is 0 Å². The number of rotatable bonds is 6. The fraction of sp³-hybridized carbons (Fsp3) is 0.524. The van der Waals surface area contributed by atoms with Crippen molar-refractivity contribution < 1.29 is 19.1 Å². The minimum atomic E-state index is -1.82. The number of hydrogen-bond acceptors (Lipinski definition) is 4. The van der Waals surface area contributed by atoms with Crippen LogP contribution in [0.3, 0.4) is 0 Å². The van der Waals surface area contributed by atoms with Crippen molar-refractivity contribution in [3.8, 4) is 0 Å². The van der Waals surface area contributed by atoms with Crippen LogP contribution in [0.4, 0.5) is 0 Å². The highest BCUT2D eigenvalue weighted by Crippen LogP contribution is 2.47. The number of allylic oxidation sites excluding steroid dienone is 1. The van der Waals surface area contributed by atoms with Gasteiger partial charge >= 0.3 is 11.9 Å². The molecule has 0 amide bonds. The Morgan fingerprint density at radius 2 is 1.65 bits per heavy atom. The summed E-state index contributed by atoms with van der Waals surface area (Å²) in [7, 11) is -1.82. The second-order valence-corrected chi connectivity index (χ2v) is 11.9. The quantitative estimate of drug-likeness (QED) is 0.434. The Kier molecular flexibility index (Phi) is 6.45. The van der Waals surface area contributed by atoms with Gasteiger partial charge in [-0.3, -0.25) is 9.59 Å². The molecule has 5 heteroatoms. The molecule has 0 bridgehead atoms. The second kappa shape index (κ2) is 8.21. The first-order chi connectivity index (χ1) is 12.3. The molecule has 0 spiro atoms. The van der Waals surface area contributed by atoms with Crippen LogP contribution in [-0.2, 0) is 19.1 Å². The van der Waals surface area contributed by atoms with Gasteiger partial charge in [0.15, 0.2) is 5.41 Å². The number of hydrogen-bond donors (Lipinski definition) is 0. The summed E-state index contributed by atoms with van der Waals surface area (Å²) >= 11 is 0. The molecule has 0 radical (unpaired) electrons. The van der Waals surface area contributed by atoms with E-state index < -0.39 is 25.4 Å². The molecular weight excluding hydrogens is 344 g/mol. The number of ether oxygens (including phenoxy) is 2. The third-order valence-corrected chi connectivity index (χ3v) is 8.10. The van der Waals surface area contributed by atoms with Gasteiger partial charge in [0, 0.05) is 0 Å². The maximum absolute atomic E-state index is 12.7. The van der Waals surface area contributed by atoms with E-state index in [1.54, 1.807) is 13.8 Å². The van der Waals surface area contributed by atoms with Crippen LogP contribution < -0.4 is 5.19 Å². The third kappa shape index (κ3) is 4.09. The summed E-state index contributed by atoms with van der Waals surface area (Å²) in [6.07, 6.45) is 0.852. The van der Waals surface area contributed by atoms with Gasteiger partial charge in [-0.15, -0.1) is 0 Å². The predicted molar refractivity (Wildman–Crippen MR) is 106 cm³/mol. The fourth-order valence-electron chi connectivity index (χ4n) is 3.79. The molecule has 1 aliphatic carbocycles. The number of carbonyl (C=O) groups excluding carboxylic acids is 2. The van der Waals surface area contributed by atoms with Crippen molar-refractivity contribution in [2.75, 3.05) is 13.2 Å². The van der Waals surface area contributed by atoms with Gasteiger partial charge in [0.1, 0.15) is 8.07 Å². The lowest BCUT2D eigenvalue weighted by atomic mass is 9.85. The van der Waals surface area contributed by atoms with Gasteiger partial charge in [-0.05, 0) is 32.6 Å². The van der Waals surface area contributed by atoms with Crippen molar-refractivity contribution in [1.29, 1.82) is 0 Å². The van der Waals surface area contributed by atoms with Gasteiger partial charge in [-0.2, -0.15) is 0 Å². The highest BCUT2D eigenvalue weighted by molar-refractivity contribution is 6.94. The minimum Gasteiger partial charge on any atom is -0.465 e. The smallest absolute Gasteiger partial charge is 0.323 e. The average Bonchev–Trinajstić information content (AvgIpc) is 2.93. The SMILES string of the molecule is CCOC(=O)C1(C(=O)OCC)C/C(=C\[Si](C)(C)c2ccccc2)C(C)C1. The van der Waals surface area contributed by atoms with Crippen LogP contribution in [0.25, 0.3) is 0 Å². The van der Waals surface area contributed by atoms with Crippen LogP contribution in [0.15, 0.2) is 41.6 Å². The summed E-state index contributed by atoms with van der Waals surface area (Å²) in [6.45, 7) is 10.7. The Balaban J connectivity index is 2.37. The first kappa shape index (κ1) is 20.4. The molecule has 1 unspecified atom stereocenters. The molecule has 4 nitrogen and oxygen atoms in total. The largest absolute Gasteiger partial charge is 0.465 e. The lowest BCUT2D eigenvalue weighted by Crippen LogP contribution is -2.41. The molecule has 1 aliphatic rings. The molecule has 1 saturated carbocycles. The van der Waals surface area contributed by atoms with Crippen molar-refractivity contribution in [2.45, 2.75) is 46.7 Å². The van der Waals surface area contributed by atoms with E-state index in [0.717, 1.165) is 0 Å². The normalized spacial score (nSPS) is 20.8. The van der Waals surface area contributed by atoms with Crippen LogP contribution in [0.2, 0.25) is 13.1 Å². The van der Waals surface area contributed by atoms with E-state index in [-0.39, 0.29) is 19.1 Å². The van der Waals surface area contributed by atoms with E-state index in [0.29, 0.717) is 12.8 Å². The standard InChI is InChI=1S/C21H30O4Si/c1-6-24-19(22)21(20(23)25-7-2)13-16(3)17(14-21)15-26(4,5)18-11-9-8-10-12-18/h8-12,15-16H,6-7,13-14H2,1-5H3/b17-15+. The molecule has 26 heavy (non-hydrogen) atoms. The van der Waals surface area contributed by atoms with Crippen LogP contribution >= 0.6 is 0 Å². The highest BCUT2D eigenvalue weighted by Gasteiger charge is 2.55. The summed E-state index contributed by atoms with van der Waals surface area (Å²) in [5, 5.41) is 1.34. The van der Waals surface area contributed by atoms with Crippen molar-refractivity contribution in [1.82, 2.24) is 0 Å². The van der Waals surface area contributed by atoms with Crippen LogP contribution in [0.1, 0.15) is 33.6 Å². The molecule has 0 heterocycles. The topological polar surface area (TPSA) is 52.6 Å². The number of carbonyl (C=O) groups is 2. The molecular formula is C21H30O4Si. The molecule has 1 fully saturated rings. The van der Waals surface area contributed by atoms with Crippen LogP contribution in [0.5, 0.6) is 0 Å². The van der Waals surface area contributed by atoms with Crippen molar-refractivity contribution in [2.24, 2.45) is 11.3 Å². The highest BCUT2D eigenvalue weighted by atomic mass is 28.3.